The summed E-state index contributed by atoms with van der Waals surface area (Å²) in [5.74, 6) is -0.922. The van der Waals surface area contributed by atoms with Crippen molar-refractivity contribution in [2.45, 2.75) is 50.8 Å². The number of halogens is 3. The number of rotatable bonds is 6. The Kier molecular flexibility index (Phi) is 6.04. The van der Waals surface area contributed by atoms with E-state index in [9.17, 15) is 23.1 Å². The maximum absolute atomic E-state index is 12.2. The van der Waals surface area contributed by atoms with Gasteiger partial charge in [-0.05, 0) is 36.5 Å². The quantitative estimate of drug-likeness (QED) is 0.850. The first-order valence-electron chi connectivity index (χ1n) is 7.87. The standard InChI is InChI=1S/C17H21F3O3/c18-17(19,20)16(22)10-15(21)13-7-4-8-14(9-13)23-11-12-5-2-1-3-6-12/h4,7-9,12,15,21H,1-3,5-6,10-11H2/t15-/m1/s1. The molecule has 0 heterocycles. The smallest absolute Gasteiger partial charge is 0.450 e. The summed E-state index contributed by atoms with van der Waals surface area (Å²) in [6.07, 6.45) is -1.47. The normalized spacial score (nSPS) is 17.7. The van der Waals surface area contributed by atoms with Crippen molar-refractivity contribution >= 4 is 5.78 Å². The molecule has 3 nitrogen and oxygen atoms in total. The second kappa shape index (κ2) is 7.81. The summed E-state index contributed by atoms with van der Waals surface area (Å²) in [6.45, 7) is 0.570. The third-order valence-electron chi connectivity index (χ3n) is 4.15. The van der Waals surface area contributed by atoms with Gasteiger partial charge in [0, 0.05) is 6.42 Å². The van der Waals surface area contributed by atoms with Gasteiger partial charge >= 0.3 is 6.18 Å². The molecule has 1 fully saturated rings. The van der Waals surface area contributed by atoms with E-state index in [2.05, 4.69) is 0 Å². The molecule has 1 aromatic rings. The van der Waals surface area contributed by atoms with Crippen LogP contribution in [0.15, 0.2) is 24.3 Å². The molecule has 1 aliphatic carbocycles. The molecule has 23 heavy (non-hydrogen) atoms. The summed E-state index contributed by atoms with van der Waals surface area (Å²) >= 11 is 0. The first kappa shape index (κ1) is 17.8. The van der Waals surface area contributed by atoms with E-state index in [1.54, 1.807) is 12.1 Å². The number of aliphatic hydroxyl groups is 1. The lowest BCUT2D eigenvalue weighted by Gasteiger charge is -2.22. The maximum atomic E-state index is 12.2. The van der Waals surface area contributed by atoms with Crippen molar-refractivity contribution in [3.63, 3.8) is 0 Å². The van der Waals surface area contributed by atoms with Crippen LogP contribution in [0.4, 0.5) is 13.2 Å². The molecule has 1 N–H and O–H groups in total. The number of ether oxygens (including phenoxy) is 1. The van der Waals surface area contributed by atoms with Gasteiger partial charge in [-0.1, -0.05) is 31.4 Å². The van der Waals surface area contributed by atoms with Crippen molar-refractivity contribution < 1.29 is 27.8 Å². The van der Waals surface area contributed by atoms with Gasteiger partial charge in [0.1, 0.15) is 5.75 Å². The first-order chi connectivity index (χ1) is 10.9. The van der Waals surface area contributed by atoms with Gasteiger partial charge in [-0.3, -0.25) is 4.79 Å². The number of aliphatic hydroxyl groups excluding tert-OH is 1. The predicted octanol–water partition coefficient (Wildman–Crippen LogP) is 4.20. The van der Waals surface area contributed by atoms with E-state index < -0.39 is 24.5 Å². The molecule has 0 aromatic heterocycles. The number of benzene rings is 1. The van der Waals surface area contributed by atoms with Crippen LogP contribution in [-0.4, -0.2) is 23.7 Å². The minimum atomic E-state index is -4.92. The Bertz CT molecular complexity index is 522. The van der Waals surface area contributed by atoms with Gasteiger partial charge in [0.05, 0.1) is 12.7 Å². The maximum Gasteiger partial charge on any atom is 0.450 e. The highest BCUT2D eigenvalue weighted by atomic mass is 19.4. The van der Waals surface area contributed by atoms with E-state index in [1.165, 1.54) is 31.4 Å². The van der Waals surface area contributed by atoms with Gasteiger partial charge in [0.25, 0.3) is 0 Å². The van der Waals surface area contributed by atoms with Crippen molar-refractivity contribution in [2.75, 3.05) is 6.61 Å². The third-order valence-corrected chi connectivity index (χ3v) is 4.15. The van der Waals surface area contributed by atoms with Gasteiger partial charge in [-0.15, -0.1) is 0 Å². The molecule has 2 rings (SSSR count). The predicted molar refractivity (Wildman–Crippen MR) is 79.2 cm³/mol. The first-order valence-corrected chi connectivity index (χ1v) is 7.87. The Labute approximate surface area is 133 Å². The number of hydrogen-bond acceptors (Lipinski definition) is 3. The zero-order valence-electron chi connectivity index (χ0n) is 12.8. The van der Waals surface area contributed by atoms with Crippen LogP contribution in [-0.2, 0) is 4.79 Å². The number of Topliss-reactive ketones (excluding diaryl/α,β-unsaturated/α-hetero) is 1. The summed E-state index contributed by atoms with van der Waals surface area (Å²) < 4.78 is 42.4. The van der Waals surface area contributed by atoms with Crippen molar-refractivity contribution in [1.82, 2.24) is 0 Å². The fraction of sp³-hybridized carbons (Fsp3) is 0.588. The Morgan fingerprint density at radius 2 is 1.96 bits per heavy atom. The van der Waals surface area contributed by atoms with Gasteiger partial charge < -0.3 is 9.84 Å². The zero-order valence-corrected chi connectivity index (χ0v) is 12.8. The lowest BCUT2D eigenvalue weighted by molar-refractivity contribution is -0.173. The second-order valence-electron chi connectivity index (χ2n) is 6.03. The molecule has 1 atom stereocenters. The Hall–Kier alpha value is -1.56. The van der Waals surface area contributed by atoms with Gasteiger partial charge in [0.15, 0.2) is 0 Å². The number of hydrogen-bond donors (Lipinski definition) is 1. The molecule has 0 radical (unpaired) electrons. The van der Waals surface area contributed by atoms with E-state index in [0.29, 0.717) is 18.3 Å². The molecule has 1 saturated carbocycles. The Morgan fingerprint density at radius 1 is 1.26 bits per heavy atom. The highest BCUT2D eigenvalue weighted by Gasteiger charge is 2.39. The zero-order chi connectivity index (χ0) is 16.9. The summed E-state index contributed by atoms with van der Waals surface area (Å²) in [5, 5.41) is 9.82. The molecule has 6 heteroatoms. The minimum Gasteiger partial charge on any atom is -0.493 e. The number of carbonyl (C=O) groups is 1. The van der Waals surface area contributed by atoms with Crippen molar-refractivity contribution in [2.24, 2.45) is 5.92 Å². The fourth-order valence-corrected chi connectivity index (χ4v) is 2.79. The summed E-state index contributed by atoms with van der Waals surface area (Å²) in [7, 11) is 0. The number of carbonyl (C=O) groups excluding carboxylic acids is 1. The molecule has 0 aliphatic heterocycles. The van der Waals surface area contributed by atoms with E-state index in [0.717, 1.165) is 12.8 Å². The van der Waals surface area contributed by atoms with Gasteiger partial charge in [-0.25, -0.2) is 0 Å². The van der Waals surface area contributed by atoms with Crippen LogP contribution in [0.3, 0.4) is 0 Å². The SMILES string of the molecule is O=C(C[C@@H](O)c1cccc(OCC2CCCCC2)c1)C(F)(F)F. The molecule has 1 aliphatic rings. The van der Waals surface area contributed by atoms with E-state index in [-0.39, 0.29) is 5.56 Å². The van der Waals surface area contributed by atoms with E-state index in [4.69, 9.17) is 4.74 Å². The molecular weight excluding hydrogens is 309 g/mol. The van der Waals surface area contributed by atoms with Gasteiger partial charge in [-0.2, -0.15) is 13.2 Å². The molecular formula is C17H21F3O3. The van der Waals surface area contributed by atoms with Gasteiger partial charge in [0.2, 0.25) is 5.78 Å². The molecule has 0 saturated heterocycles. The average molecular weight is 330 g/mol. The molecule has 128 valence electrons. The van der Waals surface area contributed by atoms with Crippen LogP contribution in [0.1, 0.15) is 50.2 Å². The summed E-state index contributed by atoms with van der Waals surface area (Å²) in [6, 6.07) is 6.29. The number of ketones is 1. The lowest BCUT2D eigenvalue weighted by atomic mass is 9.90. The van der Waals surface area contributed by atoms with Crippen LogP contribution in [0.2, 0.25) is 0 Å². The molecule has 1 aromatic carbocycles. The number of alkyl halides is 3. The van der Waals surface area contributed by atoms with Crippen molar-refractivity contribution in [3.05, 3.63) is 29.8 Å². The molecule has 0 amide bonds. The van der Waals surface area contributed by atoms with Crippen LogP contribution in [0.25, 0.3) is 0 Å². The van der Waals surface area contributed by atoms with Crippen LogP contribution >= 0.6 is 0 Å². The van der Waals surface area contributed by atoms with Crippen LogP contribution in [0.5, 0.6) is 5.75 Å². The molecule has 0 bridgehead atoms. The molecule has 0 spiro atoms. The van der Waals surface area contributed by atoms with Crippen LogP contribution in [0, 0.1) is 5.92 Å². The molecule has 0 unspecified atom stereocenters. The Morgan fingerprint density at radius 3 is 2.61 bits per heavy atom. The highest BCUT2D eigenvalue weighted by molar-refractivity contribution is 5.84. The van der Waals surface area contributed by atoms with Crippen molar-refractivity contribution in [1.29, 1.82) is 0 Å². The lowest BCUT2D eigenvalue weighted by Crippen LogP contribution is -2.24. The largest absolute Gasteiger partial charge is 0.493 e. The Balaban J connectivity index is 1.91. The van der Waals surface area contributed by atoms with E-state index >= 15 is 0 Å². The monoisotopic (exact) mass is 330 g/mol. The minimum absolute atomic E-state index is 0.253. The van der Waals surface area contributed by atoms with Crippen molar-refractivity contribution in [3.8, 4) is 5.75 Å². The van der Waals surface area contributed by atoms with Crippen LogP contribution < -0.4 is 4.74 Å². The third kappa shape index (κ3) is 5.53. The summed E-state index contributed by atoms with van der Waals surface area (Å²) in [5.41, 5.74) is 0.253. The fourth-order valence-electron chi connectivity index (χ4n) is 2.79. The second-order valence-corrected chi connectivity index (χ2v) is 6.03. The topological polar surface area (TPSA) is 46.5 Å². The average Bonchev–Trinajstić information content (AvgIpc) is 2.53. The van der Waals surface area contributed by atoms with E-state index in [1.807, 2.05) is 0 Å². The summed E-state index contributed by atoms with van der Waals surface area (Å²) in [4.78, 5) is 10.9. The highest BCUT2D eigenvalue weighted by Crippen LogP contribution is 2.28.